The summed E-state index contributed by atoms with van der Waals surface area (Å²) in [5, 5.41) is 0. The van der Waals surface area contributed by atoms with E-state index in [0.717, 1.165) is 25.7 Å². The highest BCUT2D eigenvalue weighted by Crippen LogP contribution is 2.11. The molecule has 36 heavy (non-hydrogen) atoms. The minimum atomic E-state index is -0.288. The first kappa shape index (κ1) is 34.4. The topological polar surface area (TPSA) is 52.6 Å². The fourth-order valence-corrected chi connectivity index (χ4v) is 4.02. The highest BCUT2D eigenvalue weighted by atomic mass is 16.5. The highest BCUT2D eigenvalue weighted by molar-refractivity contribution is 5.77. The van der Waals surface area contributed by atoms with Crippen LogP contribution in [0.5, 0.6) is 0 Å². The predicted molar refractivity (Wildman–Crippen MR) is 153 cm³/mol. The third kappa shape index (κ3) is 28.7. The molecule has 0 saturated heterocycles. The molecule has 0 spiro atoms. The van der Waals surface area contributed by atoms with Gasteiger partial charge in [-0.05, 0) is 51.4 Å². The number of rotatable bonds is 27. The van der Waals surface area contributed by atoms with E-state index in [1.807, 2.05) is 0 Å². The maximum absolute atomic E-state index is 11.8. The quantitative estimate of drug-likeness (QED) is 0.0632. The molecule has 0 bridgehead atoms. The Morgan fingerprint density at radius 2 is 0.750 bits per heavy atom. The van der Waals surface area contributed by atoms with Gasteiger partial charge in [0.15, 0.2) is 0 Å². The Balaban J connectivity index is 3.33. The van der Waals surface area contributed by atoms with Crippen LogP contribution in [0, 0.1) is 0 Å². The normalized spacial score (nSPS) is 11.5. The number of carbonyl (C=O) groups is 2. The number of ether oxygens (including phenoxy) is 2. The minimum Gasteiger partial charge on any atom is -0.466 e. The monoisotopic (exact) mass is 506 g/mol. The Labute approximate surface area is 223 Å². The first-order valence-corrected chi connectivity index (χ1v) is 15.3. The lowest BCUT2D eigenvalue weighted by atomic mass is 10.1. The van der Waals surface area contributed by atoms with E-state index in [2.05, 4.69) is 38.2 Å². The number of hydrogen-bond donors (Lipinski definition) is 0. The lowest BCUT2D eigenvalue weighted by molar-refractivity contribution is -0.150. The average molecular weight is 507 g/mol. The molecule has 0 heterocycles. The van der Waals surface area contributed by atoms with Gasteiger partial charge in [-0.15, -0.1) is 0 Å². The first-order valence-electron chi connectivity index (χ1n) is 15.3. The van der Waals surface area contributed by atoms with Gasteiger partial charge in [0.25, 0.3) is 0 Å². The lowest BCUT2D eigenvalue weighted by Gasteiger charge is -2.06. The Bertz CT molecular complexity index is 490. The maximum atomic E-state index is 11.8. The summed E-state index contributed by atoms with van der Waals surface area (Å²) in [6, 6.07) is 0. The molecule has 0 N–H and O–H groups in total. The maximum Gasteiger partial charge on any atom is 0.306 e. The molecule has 0 aliphatic heterocycles. The molecule has 0 atom stereocenters. The van der Waals surface area contributed by atoms with Gasteiger partial charge in [0.2, 0.25) is 0 Å². The summed E-state index contributed by atoms with van der Waals surface area (Å²) in [7, 11) is 0. The van der Waals surface area contributed by atoms with Crippen molar-refractivity contribution in [1.29, 1.82) is 0 Å². The van der Waals surface area contributed by atoms with Crippen molar-refractivity contribution in [2.45, 2.75) is 155 Å². The van der Waals surface area contributed by atoms with Crippen molar-refractivity contribution in [3.63, 3.8) is 0 Å². The third-order valence-electron chi connectivity index (χ3n) is 6.33. The molecule has 4 nitrogen and oxygen atoms in total. The minimum absolute atomic E-state index is 0.124. The molecule has 4 heteroatoms. The van der Waals surface area contributed by atoms with Gasteiger partial charge >= 0.3 is 11.9 Å². The third-order valence-corrected chi connectivity index (χ3v) is 6.33. The van der Waals surface area contributed by atoms with E-state index < -0.39 is 0 Å². The van der Waals surface area contributed by atoms with Crippen LogP contribution in [-0.4, -0.2) is 25.2 Å². The Hall–Kier alpha value is -1.58. The zero-order chi connectivity index (χ0) is 26.4. The molecule has 0 aliphatic carbocycles. The molecule has 210 valence electrons. The van der Waals surface area contributed by atoms with Crippen LogP contribution in [0.15, 0.2) is 24.3 Å². The largest absolute Gasteiger partial charge is 0.466 e. The zero-order valence-electron chi connectivity index (χ0n) is 23.9. The molecular formula is C32H58O4. The van der Waals surface area contributed by atoms with Crippen LogP contribution in [0.3, 0.4) is 0 Å². The molecule has 0 radical (unpaired) electrons. The SMILES string of the molecule is CCC/C=C/CCCCCCCCCOC(=O)CCC(=O)OCCCCCCCCC/C=C/CCC. The molecule has 0 unspecified atom stereocenters. The summed E-state index contributed by atoms with van der Waals surface area (Å²) < 4.78 is 10.5. The van der Waals surface area contributed by atoms with Crippen LogP contribution in [0.1, 0.15) is 155 Å². The van der Waals surface area contributed by atoms with Crippen molar-refractivity contribution in [3.8, 4) is 0 Å². The van der Waals surface area contributed by atoms with E-state index in [0.29, 0.717) is 13.2 Å². The fraction of sp³-hybridized carbons (Fsp3) is 0.812. The molecule has 0 aromatic heterocycles. The van der Waals surface area contributed by atoms with E-state index in [9.17, 15) is 9.59 Å². The van der Waals surface area contributed by atoms with Gasteiger partial charge in [-0.2, -0.15) is 0 Å². The van der Waals surface area contributed by atoms with E-state index in [-0.39, 0.29) is 24.8 Å². The van der Waals surface area contributed by atoms with Crippen molar-refractivity contribution in [3.05, 3.63) is 24.3 Å². The van der Waals surface area contributed by atoms with E-state index in [4.69, 9.17) is 9.47 Å². The molecule has 0 saturated carbocycles. The second-order valence-corrected chi connectivity index (χ2v) is 9.99. The summed E-state index contributed by atoms with van der Waals surface area (Å²) in [6.45, 7) is 5.35. The second kappa shape index (κ2) is 29.6. The van der Waals surface area contributed by atoms with E-state index >= 15 is 0 Å². The van der Waals surface area contributed by atoms with Gasteiger partial charge in [-0.25, -0.2) is 0 Å². The van der Waals surface area contributed by atoms with Crippen LogP contribution < -0.4 is 0 Å². The Morgan fingerprint density at radius 1 is 0.444 bits per heavy atom. The standard InChI is InChI=1S/C32H58O4/c1-3-5-7-9-11-13-15-17-19-21-23-25-29-35-31(33)27-28-32(34)36-30-26-24-22-20-18-16-14-12-10-8-6-4-2/h7-10H,3-6,11-30H2,1-2H3/b9-7+,10-8+. The summed E-state index contributed by atoms with van der Waals surface area (Å²) >= 11 is 0. The van der Waals surface area contributed by atoms with Gasteiger partial charge in [0, 0.05) is 0 Å². The summed E-state index contributed by atoms with van der Waals surface area (Å²) in [5.41, 5.74) is 0. The zero-order valence-corrected chi connectivity index (χ0v) is 23.9. The second-order valence-electron chi connectivity index (χ2n) is 9.99. The van der Waals surface area contributed by atoms with E-state index in [1.165, 1.54) is 103 Å². The summed E-state index contributed by atoms with van der Waals surface area (Å²) in [6.07, 6.45) is 33.5. The highest BCUT2D eigenvalue weighted by Gasteiger charge is 2.09. The average Bonchev–Trinajstić information content (AvgIpc) is 2.88. The molecule has 0 aliphatic rings. The van der Waals surface area contributed by atoms with Gasteiger partial charge in [-0.3, -0.25) is 9.59 Å². The van der Waals surface area contributed by atoms with Crippen molar-refractivity contribution in [1.82, 2.24) is 0 Å². The predicted octanol–water partition coefficient (Wildman–Crippen LogP) is 9.81. The van der Waals surface area contributed by atoms with Crippen LogP contribution in [0.4, 0.5) is 0 Å². The number of carbonyl (C=O) groups excluding carboxylic acids is 2. The van der Waals surface area contributed by atoms with E-state index in [1.54, 1.807) is 0 Å². The van der Waals surface area contributed by atoms with Gasteiger partial charge in [0.05, 0.1) is 26.1 Å². The number of hydrogen-bond acceptors (Lipinski definition) is 4. The Kier molecular flexibility index (Phi) is 28.3. The molecule has 0 amide bonds. The van der Waals surface area contributed by atoms with Crippen molar-refractivity contribution >= 4 is 11.9 Å². The molecule has 0 fully saturated rings. The van der Waals surface area contributed by atoms with Crippen molar-refractivity contribution in [2.75, 3.05) is 13.2 Å². The van der Waals surface area contributed by atoms with Crippen LogP contribution >= 0.6 is 0 Å². The van der Waals surface area contributed by atoms with Crippen molar-refractivity contribution < 1.29 is 19.1 Å². The fourth-order valence-electron chi connectivity index (χ4n) is 4.02. The summed E-state index contributed by atoms with van der Waals surface area (Å²) in [5.74, 6) is -0.576. The number of esters is 2. The molecular weight excluding hydrogens is 448 g/mol. The van der Waals surface area contributed by atoms with Crippen LogP contribution in [0.25, 0.3) is 0 Å². The molecule has 0 aromatic carbocycles. The molecule has 0 aromatic rings. The van der Waals surface area contributed by atoms with Gasteiger partial charge in [0.1, 0.15) is 0 Å². The van der Waals surface area contributed by atoms with Crippen LogP contribution in [-0.2, 0) is 19.1 Å². The smallest absolute Gasteiger partial charge is 0.306 e. The summed E-state index contributed by atoms with van der Waals surface area (Å²) in [4.78, 5) is 23.6. The lowest BCUT2D eigenvalue weighted by Crippen LogP contribution is -2.11. The molecule has 0 rings (SSSR count). The van der Waals surface area contributed by atoms with Crippen LogP contribution in [0.2, 0.25) is 0 Å². The Morgan fingerprint density at radius 3 is 1.11 bits per heavy atom. The van der Waals surface area contributed by atoms with Crippen molar-refractivity contribution in [2.24, 2.45) is 0 Å². The van der Waals surface area contributed by atoms with Gasteiger partial charge in [-0.1, -0.05) is 115 Å². The first-order chi connectivity index (χ1) is 17.7. The number of allylic oxidation sites excluding steroid dienone is 4. The van der Waals surface area contributed by atoms with Gasteiger partial charge < -0.3 is 9.47 Å². The number of unbranched alkanes of at least 4 members (excludes halogenated alkanes) is 16.